The van der Waals surface area contributed by atoms with Crippen molar-refractivity contribution < 1.29 is 19.1 Å². The number of amides is 1. The van der Waals surface area contributed by atoms with E-state index in [1.807, 2.05) is 49.4 Å². The largest absolute Gasteiger partial charge is 0.493 e. The number of carbonyl (C=O) groups excluding carboxylic acids is 2. The monoisotopic (exact) mass is 571 g/mol. The summed E-state index contributed by atoms with van der Waals surface area (Å²) in [5, 5.41) is 0. The molecule has 0 aliphatic carbocycles. The van der Waals surface area contributed by atoms with Crippen LogP contribution in [0, 0.1) is 13.8 Å². The topological polar surface area (TPSA) is 82.8 Å². The van der Waals surface area contributed by atoms with E-state index in [2.05, 4.69) is 0 Å². The summed E-state index contributed by atoms with van der Waals surface area (Å²) in [7, 11) is 3.24. The number of rotatable bonds is 6. The SMILES string of the molecule is COc1cc(/C=C2\SC(=S)N(c3c(C)n(C)n(-c4ccccc4)c3=O)C2=O)ccc1OC(=O)c1ccccc1C. The number of aryl methyl sites for hydroxylation is 1. The molecule has 0 atom stereocenters. The number of thioether (sulfide) groups is 1. The number of methoxy groups -OCH3 is 1. The van der Waals surface area contributed by atoms with Crippen molar-refractivity contribution >= 4 is 51.9 Å². The molecule has 0 bridgehead atoms. The zero-order chi connectivity index (χ0) is 28.6. The van der Waals surface area contributed by atoms with Gasteiger partial charge in [0.25, 0.3) is 11.5 Å². The van der Waals surface area contributed by atoms with Crippen molar-refractivity contribution in [2.45, 2.75) is 13.8 Å². The molecule has 2 heterocycles. The molecular formula is C30H25N3O5S2. The van der Waals surface area contributed by atoms with E-state index in [9.17, 15) is 14.4 Å². The zero-order valence-electron chi connectivity index (χ0n) is 22.2. The average molecular weight is 572 g/mol. The molecule has 0 N–H and O–H groups in total. The van der Waals surface area contributed by atoms with Gasteiger partial charge in [-0.3, -0.25) is 19.2 Å². The first-order valence-electron chi connectivity index (χ1n) is 12.3. The van der Waals surface area contributed by atoms with E-state index in [-0.39, 0.29) is 21.3 Å². The molecule has 1 fully saturated rings. The Balaban J connectivity index is 1.44. The van der Waals surface area contributed by atoms with Gasteiger partial charge in [-0.05, 0) is 61.4 Å². The molecule has 4 aromatic rings. The number of carbonyl (C=O) groups is 2. The van der Waals surface area contributed by atoms with Crippen LogP contribution < -0.4 is 19.9 Å². The van der Waals surface area contributed by atoms with Crippen molar-refractivity contribution in [2.24, 2.45) is 7.05 Å². The molecule has 8 nitrogen and oxygen atoms in total. The highest BCUT2D eigenvalue weighted by atomic mass is 32.2. The minimum atomic E-state index is -0.496. The fourth-order valence-electron chi connectivity index (χ4n) is 4.44. The van der Waals surface area contributed by atoms with Gasteiger partial charge in [-0.1, -0.05) is 66.4 Å². The van der Waals surface area contributed by atoms with Crippen LogP contribution in [0.3, 0.4) is 0 Å². The Hall–Kier alpha value is -4.41. The van der Waals surface area contributed by atoms with E-state index in [4.69, 9.17) is 21.7 Å². The first-order valence-corrected chi connectivity index (χ1v) is 13.5. The van der Waals surface area contributed by atoms with E-state index in [1.54, 1.807) is 55.1 Å². The van der Waals surface area contributed by atoms with Crippen LogP contribution in [0.15, 0.2) is 82.5 Å². The van der Waals surface area contributed by atoms with Gasteiger partial charge in [0.15, 0.2) is 15.8 Å². The van der Waals surface area contributed by atoms with Crippen LogP contribution in [0.25, 0.3) is 11.8 Å². The van der Waals surface area contributed by atoms with Crippen molar-refractivity contribution in [1.82, 2.24) is 9.36 Å². The Labute approximate surface area is 240 Å². The Morgan fingerprint density at radius 2 is 1.65 bits per heavy atom. The summed E-state index contributed by atoms with van der Waals surface area (Å²) in [5.74, 6) is -0.308. The third-order valence-electron chi connectivity index (χ3n) is 6.59. The van der Waals surface area contributed by atoms with E-state index >= 15 is 0 Å². The van der Waals surface area contributed by atoms with Gasteiger partial charge in [-0.25, -0.2) is 9.48 Å². The van der Waals surface area contributed by atoms with Crippen molar-refractivity contribution in [3.8, 4) is 17.2 Å². The average Bonchev–Trinajstić information content (AvgIpc) is 3.34. The zero-order valence-corrected chi connectivity index (χ0v) is 23.8. The Kier molecular flexibility index (Phi) is 7.46. The van der Waals surface area contributed by atoms with Gasteiger partial charge in [0.2, 0.25) is 0 Å². The predicted molar refractivity (Wildman–Crippen MR) is 161 cm³/mol. The van der Waals surface area contributed by atoms with Gasteiger partial charge in [0.05, 0.1) is 29.0 Å². The summed E-state index contributed by atoms with van der Waals surface area (Å²) < 4.78 is 14.5. The molecule has 1 aliphatic rings. The lowest BCUT2D eigenvalue weighted by atomic mass is 10.1. The van der Waals surface area contributed by atoms with Crippen LogP contribution in [0.5, 0.6) is 11.5 Å². The van der Waals surface area contributed by atoms with Gasteiger partial charge in [-0.2, -0.15) is 0 Å². The molecule has 0 saturated carbocycles. The molecule has 1 saturated heterocycles. The van der Waals surface area contributed by atoms with Crippen molar-refractivity contribution in [1.29, 1.82) is 0 Å². The van der Waals surface area contributed by atoms with Gasteiger partial charge >= 0.3 is 5.97 Å². The molecule has 202 valence electrons. The van der Waals surface area contributed by atoms with E-state index in [0.717, 1.165) is 17.3 Å². The second-order valence-electron chi connectivity index (χ2n) is 9.04. The summed E-state index contributed by atoms with van der Waals surface area (Å²) in [6.07, 6.45) is 1.67. The lowest BCUT2D eigenvalue weighted by molar-refractivity contribution is -0.113. The third-order valence-corrected chi connectivity index (χ3v) is 7.90. The number of aromatic nitrogens is 2. The van der Waals surface area contributed by atoms with Gasteiger partial charge in [0.1, 0.15) is 5.69 Å². The molecule has 5 rings (SSSR count). The maximum Gasteiger partial charge on any atom is 0.343 e. The van der Waals surface area contributed by atoms with Gasteiger partial charge < -0.3 is 9.47 Å². The summed E-state index contributed by atoms with van der Waals surface area (Å²) >= 11 is 6.66. The lowest BCUT2D eigenvalue weighted by Gasteiger charge is -2.12. The fourth-order valence-corrected chi connectivity index (χ4v) is 5.71. The Morgan fingerprint density at radius 3 is 2.35 bits per heavy atom. The molecule has 0 spiro atoms. The smallest absolute Gasteiger partial charge is 0.343 e. The highest BCUT2D eigenvalue weighted by Crippen LogP contribution is 2.37. The van der Waals surface area contributed by atoms with Crippen molar-refractivity contribution in [3.63, 3.8) is 0 Å². The number of esters is 1. The molecule has 3 aromatic carbocycles. The number of para-hydroxylation sites is 1. The minimum absolute atomic E-state index is 0.216. The summed E-state index contributed by atoms with van der Waals surface area (Å²) in [6, 6.07) is 21.4. The Bertz CT molecular complexity index is 1750. The molecule has 40 heavy (non-hydrogen) atoms. The standard InChI is InChI=1S/C30H25N3O5S2/c1-18-10-8-9-13-22(18)29(36)38-23-15-14-20(16-24(23)37-4)17-25-27(34)32(30(39)40-25)26-19(2)31(3)33(28(26)35)21-11-6-5-7-12-21/h5-17H,1-4H3/b25-17-. The van der Waals surface area contributed by atoms with Crippen LogP contribution in [0.1, 0.15) is 27.2 Å². The summed E-state index contributed by atoms with van der Waals surface area (Å²) in [4.78, 5) is 41.4. The van der Waals surface area contributed by atoms with Crippen LogP contribution >= 0.6 is 24.0 Å². The van der Waals surface area contributed by atoms with Crippen LogP contribution in [-0.2, 0) is 11.8 Å². The van der Waals surface area contributed by atoms with Crippen molar-refractivity contribution in [2.75, 3.05) is 12.0 Å². The molecule has 1 aromatic heterocycles. The highest BCUT2D eigenvalue weighted by Gasteiger charge is 2.37. The lowest BCUT2D eigenvalue weighted by Crippen LogP contribution is -2.33. The Morgan fingerprint density at radius 1 is 0.950 bits per heavy atom. The van der Waals surface area contributed by atoms with Crippen molar-refractivity contribution in [3.05, 3.63) is 110 Å². The van der Waals surface area contributed by atoms with E-state index in [1.165, 1.54) is 16.7 Å². The van der Waals surface area contributed by atoms with E-state index in [0.29, 0.717) is 33.2 Å². The van der Waals surface area contributed by atoms with Crippen LogP contribution in [0.2, 0.25) is 0 Å². The highest BCUT2D eigenvalue weighted by molar-refractivity contribution is 8.27. The normalized spacial score (nSPS) is 14.2. The number of anilines is 1. The number of thiocarbonyl (C=S) groups is 1. The third kappa shape index (κ3) is 4.87. The molecule has 10 heteroatoms. The number of hydrogen-bond acceptors (Lipinski definition) is 7. The fraction of sp³-hybridized carbons (Fsp3) is 0.133. The summed E-state index contributed by atoms with van der Waals surface area (Å²) in [5.41, 5.74) is 3.06. The second kappa shape index (κ2) is 11.0. The number of nitrogens with zero attached hydrogens (tertiary/aromatic N) is 3. The van der Waals surface area contributed by atoms with Crippen LogP contribution in [-0.4, -0.2) is 32.7 Å². The molecule has 1 amide bonds. The summed E-state index contributed by atoms with van der Waals surface area (Å²) in [6.45, 7) is 3.61. The first-order chi connectivity index (χ1) is 19.2. The molecular weight excluding hydrogens is 546 g/mol. The molecule has 0 unspecified atom stereocenters. The maximum absolute atomic E-state index is 13.5. The first kappa shape index (κ1) is 27.2. The molecule has 1 aliphatic heterocycles. The quantitative estimate of drug-likeness (QED) is 0.132. The second-order valence-corrected chi connectivity index (χ2v) is 10.7. The number of ether oxygens (including phenoxy) is 2. The number of benzene rings is 3. The number of hydrogen-bond donors (Lipinski definition) is 0. The predicted octanol–water partition coefficient (Wildman–Crippen LogP) is 5.43. The van der Waals surface area contributed by atoms with Gasteiger partial charge in [0, 0.05) is 7.05 Å². The minimum Gasteiger partial charge on any atom is -0.493 e. The van der Waals surface area contributed by atoms with Crippen LogP contribution in [0.4, 0.5) is 5.69 Å². The maximum atomic E-state index is 13.5. The van der Waals surface area contributed by atoms with Gasteiger partial charge in [-0.15, -0.1) is 0 Å². The van der Waals surface area contributed by atoms with E-state index < -0.39 is 11.9 Å². The molecule has 0 radical (unpaired) electrons.